The lowest BCUT2D eigenvalue weighted by Gasteiger charge is -2.06. The molecule has 23 heavy (non-hydrogen) atoms. The largest absolute Gasteiger partial charge is 0.454 e. The fourth-order valence-electron chi connectivity index (χ4n) is 2.07. The number of rotatable bonds is 3. The van der Waals surface area contributed by atoms with Crippen molar-refractivity contribution in [3.63, 3.8) is 0 Å². The highest BCUT2D eigenvalue weighted by atomic mass is 79.9. The summed E-state index contributed by atoms with van der Waals surface area (Å²) in [4.78, 5) is 12.3. The van der Waals surface area contributed by atoms with Gasteiger partial charge >= 0.3 is 0 Å². The number of nitriles is 1. The molecule has 0 radical (unpaired) electrons. The van der Waals surface area contributed by atoms with Gasteiger partial charge in [-0.05, 0) is 51.8 Å². The van der Waals surface area contributed by atoms with Crippen LogP contribution < -0.4 is 14.8 Å². The van der Waals surface area contributed by atoms with Crippen molar-refractivity contribution in [2.75, 3.05) is 12.1 Å². The van der Waals surface area contributed by atoms with E-state index in [-0.39, 0.29) is 12.4 Å². The van der Waals surface area contributed by atoms with Gasteiger partial charge in [0.05, 0.1) is 5.69 Å². The number of anilines is 1. The summed E-state index contributed by atoms with van der Waals surface area (Å²) in [6, 6.07) is 14.3. The van der Waals surface area contributed by atoms with E-state index in [4.69, 9.17) is 9.47 Å². The van der Waals surface area contributed by atoms with Crippen LogP contribution >= 0.6 is 15.9 Å². The Morgan fingerprint density at radius 3 is 2.78 bits per heavy atom. The zero-order chi connectivity index (χ0) is 16.2. The van der Waals surface area contributed by atoms with Gasteiger partial charge in [-0.25, -0.2) is 0 Å². The number of amides is 1. The summed E-state index contributed by atoms with van der Waals surface area (Å²) in [6.07, 6.45) is 1.51. The molecule has 0 bridgehead atoms. The van der Waals surface area contributed by atoms with Gasteiger partial charge in [0.2, 0.25) is 6.79 Å². The number of ether oxygens (including phenoxy) is 2. The van der Waals surface area contributed by atoms with Crippen molar-refractivity contribution >= 4 is 33.6 Å². The van der Waals surface area contributed by atoms with E-state index in [1.54, 1.807) is 30.3 Å². The molecule has 1 heterocycles. The van der Waals surface area contributed by atoms with Gasteiger partial charge in [-0.2, -0.15) is 5.26 Å². The minimum absolute atomic E-state index is 0.000353. The number of carbonyl (C=O) groups excluding carboxylic acids is 1. The van der Waals surface area contributed by atoms with E-state index >= 15 is 0 Å². The number of fused-ring (bicyclic) bond motifs is 1. The molecular weight excluding hydrogens is 360 g/mol. The van der Waals surface area contributed by atoms with Gasteiger partial charge in [-0.15, -0.1) is 0 Å². The van der Waals surface area contributed by atoms with Gasteiger partial charge in [0.15, 0.2) is 11.5 Å². The maximum Gasteiger partial charge on any atom is 0.266 e. The molecule has 0 aliphatic carbocycles. The molecule has 1 amide bonds. The van der Waals surface area contributed by atoms with Crippen LogP contribution in [0.3, 0.4) is 0 Å². The molecule has 2 aromatic carbocycles. The van der Waals surface area contributed by atoms with Crippen LogP contribution in [-0.2, 0) is 4.79 Å². The highest BCUT2D eigenvalue weighted by molar-refractivity contribution is 9.10. The van der Waals surface area contributed by atoms with Crippen molar-refractivity contribution < 1.29 is 14.3 Å². The zero-order valence-corrected chi connectivity index (χ0v) is 13.5. The number of halogens is 1. The number of benzene rings is 2. The lowest BCUT2D eigenvalue weighted by Crippen LogP contribution is -2.13. The van der Waals surface area contributed by atoms with Crippen LogP contribution in [0.25, 0.3) is 6.08 Å². The van der Waals surface area contributed by atoms with E-state index in [2.05, 4.69) is 21.2 Å². The van der Waals surface area contributed by atoms with Crippen molar-refractivity contribution in [1.82, 2.24) is 0 Å². The second-order valence-corrected chi connectivity index (χ2v) is 5.57. The molecule has 114 valence electrons. The Kier molecular flexibility index (Phi) is 4.31. The Hall–Kier alpha value is -2.78. The van der Waals surface area contributed by atoms with E-state index in [9.17, 15) is 10.1 Å². The van der Waals surface area contributed by atoms with Crippen LogP contribution in [0.1, 0.15) is 5.56 Å². The average Bonchev–Trinajstić information content (AvgIpc) is 3.02. The molecule has 5 nitrogen and oxygen atoms in total. The molecular formula is C17H11BrN2O3. The number of para-hydroxylation sites is 1. The molecule has 0 aromatic heterocycles. The summed E-state index contributed by atoms with van der Waals surface area (Å²) >= 11 is 3.35. The molecule has 1 aliphatic rings. The minimum atomic E-state index is -0.475. The maximum atomic E-state index is 12.3. The van der Waals surface area contributed by atoms with E-state index in [0.29, 0.717) is 22.7 Å². The van der Waals surface area contributed by atoms with Crippen molar-refractivity contribution in [3.05, 3.63) is 58.1 Å². The SMILES string of the molecule is N#CC(=Cc1ccc2c(c1)OCO2)C(=O)Nc1ccccc1Br. The second kappa shape index (κ2) is 6.55. The summed E-state index contributed by atoms with van der Waals surface area (Å²) in [5.74, 6) is 0.776. The Morgan fingerprint density at radius 1 is 1.22 bits per heavy atom. The number of carbonyl (C=O) groups is 1. The zero-order valence-electron chi connectivity index (χ0n) is 11.9. The lowest BCUT2D eigenvalue weighted by molar-refractivity contribution is -0.112. The lowest BCUT2D eigenvalue weighted by atomic mass is 10.1. The number of hydrogen-bond donors (Lipinski definition) is 1. The number of nitrogens with one attached hydrogen (secondary N) is 1. The van der Waals surface area contributed by atoms with Crippen molar-refractivity contribution in [2.45, 2.75) is 0 Å². The molecule has 0 atom stereocenters. The van der Waals surface area contributed by atoms with Crippen LogP contribution in [0, 0.1) is 11.3 Å². The Morgan fingerprint density at radius 2 is 2.00 bits per heavy atom. The topological polar surface area (TPSA) is 71.3 Å². The third kappa shape index (κ3) is 3.35. The van der Waals surface area contributed by atoms with Gasteiger partial charge in [0.25, 0.3) is 5.91 Å². The van der Waals surface area contributed by atoms with Crippen LogP contribution in [0.15, 0.2) is 52.5 Å². The molecule has 2 aromatic rings. The third-order valence-electron chi connectivity index (χ3n) is 3.19. The summed E-state index contributed by atoms with van der Waals surface area (Å²) in [5.41, 5.74) is 1.29. The van der Waals surface area contributed by atoms with E-state index < -0.39 is 5.91 Å². The molecule has 3 rings (SSSR count). The highest BCUT2D eigenvalue weighted by Gasteiger charge is 2.15. The van der Waals surface area contributed by atoms with Crippen LogP contribution in [-0.4, -0.2) is 12.7 Å². The molecule has 0 spiro atoms. The average molecular weight is 371 g/mol. The first-order valence-electron chi connectivity index (χ1n) is 6.75. The molecule has 0 unspecified atom stereocenters. The van der Waals surface area contributed by atoms with Gasteiger partial charge in [-0.1, -0.05) is 18.2 Å². The Balaban J connectivity index is 1.83. The first-order chi connectivity index (χ1) is 11.2. The van der Waals surface area contributed by atoms with Crippen LogP contribution in [0.4, 0.5) is 5.69 Å². The van der Waals surface area contributed by atoms with Gasteiger partial charge in [0, 0.05) is 4.47 Å². The monoisotopic (exact) mass is 370 g/mol. The third-order valence-corrected chi connectivity index (χ3v) is 3.89. The van der Waals surface area contributed by atoms with E-state index in [0.717, 1.165) is 4.47 Å². The van der Waals surface area contributed by atoms with E-state index in [1.807, 2.05) is 18.2 Å². The predicted molar refractivity (Wildman–Crippen MR) is 88.9 cm³/mol. The Labute approximate surface area is 141 Å². The molecule has 1 N–H and O–H groups in total. The smallest absolute Gasteiger partial charge is 0.266 e. The second-order valence-electron chi connectivity index (χ2n) is 4.72. The molecule has 0 fully saturated rings. The number of nitrogens with zero attached hydrogens (tertiary/aromatic N) is 1. The van der Waals surface area contributed by atoms with Crippen molar-refractivity contribution in [2.24, 2.45) is 0 Å². The van der Waals surface area contributed by atoms with Gasteiger partial charge in [-0.3, -0.25) is 4.79 Å². The van der Waals surface area contributed by atoms with Crippen LogP contribution in [0.5, 0.6) is 11.5 Å². The maximum absolute atomic E-state index is 12.3. The van der Waals surface area contributed by atoms with Crippen molar-refractivity contribution in [3.8, 4) is 17.6 Å². The molecule has 0 saturated heterocycles. The van der Waals surface area contributed by atoms with Gasteiger partial charge in [0.1, 0.15) is 11.6 Å². The Bertz CT molecular complexity index is 840. The summed E-state index contributed by atoms with van der Waals surface area (Å²) in [5, 5.41) is 12.0. The molecule has 6 heteroatoms. The first kappa shape index (κ1) is 15.1. The fraction of sp³-hybridized carbons (Fsp3) is 0.0588. The quantitative estimate of drug-likeness (QED) is 0.659. The van der Waals surface area contributed by atoms with Gasteiger partial charge < -0.3 is 14.8 Å². The normalized spacial score (nSPS) is 12.6. The van der Waals surface area contributed by atoms with Crippen LogP contribution in [0.2, 0.25) is 0 Å². The molecule has 1 aliphatic heterocycles. The fourth-order valence-corrected chi connectivity index (χ4v) is 2.45. The van der Waals surface area contributed by atoms with E-state index in [1.165, 1.54) is 6.08 Å². The first-order valence-corrected chi connectivity index (χ1v) is 7.54. The summed E-state index contributed by atoms with van der Waals surface area (Å²) in [7, 11) is 0. The van der Waals surface area contributed by atoms with Crippen molar-refractivity contribution in [1.29, 1.82) is 5.26 Å². The summed E-state index contributed by atoms with van der Waals surface area (Å²) < 4.78 is 11.3. The molecule has 0 saturated carbocycles. The highest BCUT2D eigenvalue weighted by Crippen LogP contribution is 2.33. The summed E-state index contributed by atoms with van der Waals surface area (Å²) in [6.45, 7) is 0.177. The minimum Gasteiger partial charge on any atom is -0.454 e. The number of hydrogen-bond acceptors (Lipinski definition) is 4. The standard InChI is InChI=1S/C17H11BrN2O3/c18-13-3-1-2-4-14(13)20-17(21)12(9-19)7-11-5-6-15-16(8-11)23-10-22-15/h1-8H,10H2,(H,20,21). The predicted octanol–water partition coefficient (Wildman–Crippen LogP) is 3.72.